The molecule has 0 saturated carbocycles. The molecule has 90 valence electrons. The number of nitrogens with zero attached hydrogens (tertiary/aromatic N) is 2. The number of hydrogen-bond donors (Lipinski definition) is 0. The summed E-state index contributed by atoms with van der Waals surface area (Å²) in [7, 11) is 1.33. The van der Waals surface area contributed by atoms with Crippen LogP contribution in [0.25, 0.3) is 0 Å². The Hall–Kier alpha value is -2.54. The van der Waals surface area contributed by atoms with Crippen molar-refractivity contribution in [2.45, 2.75) is 6.54 Å². The first-order valence-electron chi connectivity index (χ1n) is 5.48. The SMILES string of the molecule is COC(=O)c1ccc(C#N)n1Cc1ccccc1. The van der Waals surface area contributed by atoms with Gasteiger partial charge in [-0.1, -0.05) is 30.3 Å². The number of nitriles is 1. The first kappa shape index (κ1) is 11.9. The number of hydrogen-bond acceptors (Lipinski definition) is 3. The molecule has 0 aliphatic heterocycles. The summed E-state index contributed by atoms with van der Waals surface area (Å²) in [6.45, 7) is 0.473. The lowest BCUT2D eigenvalue weighted by Crippen LogP contribution is -2.12. The number of carbonyl (C=O) groups excluding carboxylic acids is 1. The van der Waals surface area contributed by atoms with Gasteiger partial charge in [0.15, 0.2) is 0 Å². The van der Waals surface area contributed by atoms with E-state index in [-0.39, 0.29) is 0 Å². The van der Waals surface area contributed by atoms with Crippen LogP contribution in [0.2, 0.25) is 0 Å². The highest BCUT2D eigenvalue weighted by molar-refractivity contribution is 5.88. The Balaban J connectivity index is 2.40. The number of rotatable bonds is 3. The van der Waals surface area contributed by atoms with Crippen LogP contribution in [0.4, 0.5) is 0 Å². The lowest BCUT2D eigenvalue weighted by molar-refractivity contribution is 0.0589. The van der Waals surface area contributed by atoms with E-state index in [0.29, 0.717) is 17.9 Å². The molecule has 0 aliphatic rings. The Morgan fingerprint density at radius 3 is 2.61 bits per heavy atom. The first-order chi connectivity index (χ1) is 8.76. The zero-order chi connectivity index (χ0) is 13.0. The molecule has 0 N–H and O–H groups in total. The van der Waals surface area contributed by atoms with Crippen molar-refractivity contribution in [3.63, 3.8) is 0 Å². The monoisotopic (exact) mass is 240 g/mol. The molecule has 0 saturated heterocycles. The van der Waals surface area contributed by atoms with Gasteiger partial charge in [-0.2, -0.15) is 5.26 Å². The third-order valence-electron chi connectivity index (χ3n) is 2.67. The summed E-state index contributed by atoms with van der Waals surface area (Å²) in [5.41, 5.74) is 1.85. The molecule has 1 aromatic carbocycles. The van der Waals surface area contributed by atoms with Crippen molar-refractivity contribution < 1.29 is 9.53 Å². The van der Waals surface area contributed by atoms with E-state index in [4.69, 9.17) is 10.00 Å². The number of benzene rings is 1. The van der Waals surface area contributed by atoms with Crippen molar-refractivity contribution in [1.29, 1.82) is 5.26 Å². The summed E-state index contributed by atoms with van der Waals surface area (Å²) in [5.74, 6) is -0.438. The van der Waals surface area contributed by atoms with E-state index in [1.54, 1.807) is 16.7 Å². The van der Waals surface area contributed by atoms with Crippen LogP contribution in [0, 0.1) is 11.3 Å². The fraction of sp³-hybridized carbons (Fsp3) is 0.143. The topological polar surface area (TPSA) is 55.0 Å². The van der Waals surface area contributed by atoms with Crippen LogP contribution in [-0.2, 0) is 11.3 Å². The average molecular weight is 240 g/mol. The molecule has 0 radical (unpaired) electrons. The van der Waals surface area contributed by atoms with Crippen molar-refractivity contribution in [2.75, 3.05) is 7.11 Å². The molecule has 4 heteroatoms. The van der Waals surface area contributed by atoms with Crippen molar-refractivity contribution in [2.24, 2.45) is 0 Å². The van der Waals surface area contributed by atoms with E-state index in [1.165, 1.54) is 7.11 Å². The van der Waals surface area contributed by atoms with Gasteiger partial charge in [-0.15, -0.1) is 0 Å². The van der Waals surface area contributed by atoms with Crippen molar-refractivity contribution in [3.05, 3.63) is 59.4 Å². The lowest BCUT2D eigenvalue weighted by atomic mass is 10.2. The predicted molar refractivity (Wildman–Crippen MR) is 66.0 cm³/mol. The molecule has 0 fully saturated rings. The smallest absolute Gasteiger partial charge is 0.354 e. The molecule has 0 atom stereocenters. The predicted octanol–water partition coefficient (Wildman–Crippen LogP) is 2.19. The zero-order valence-electron chi connectivity index (χ0n) is 9.96. The third-order valence-corrected chi connectivity index (χ3v) is 2.67. The van der Waals surface area contributed by atoms with Gasteiger partial charge in [-0.3, -0.25) is 0 Å². The Bertz CT molecular complexity index is 594. The minimum Gasteiger partial charge on any atom is -0.464 e. The fourth-order valence-corrected chi connectivity index (χ4v) is 1.78. The van der Waals surface area contributed by atoms with Gasteiger partial charge in [-0.25, -0.2) is 4.79 Å². The highest BCUT2D eigenvalue weighted by atomic mass is 16.5. The largest absolute Gasteiger partial charge is 0.464 e. The number of ether oxygens (including phenoxy) is 1. The summed E-state index contributed by atoms with van der Waals surface area (Å²) in [5, 5.41) is 9.04. The van der Waals surface area contributed by atoms with Crippen LogP contribution in [0.5, 0.6) is 0 Å². The van der Waals surface area contributed by atoms with E-state index in [2.05, 4.69) is 6.07 Å². The molecule has 0 spiro atoms. The van der Waals surface area contributed by atoms with Gasteiger partial charge in [0.1, 0.15) is 17.5 Å². The highest BCUT2D eigenvalue weighted by Crippen LogP contribution is 2.13. The van der Waals surface area contributed by atoms with Crippen molar-refractivity contribution in [1.82, 2.24) is 4.57 Å². The highest BCUT2D eigenvalue weighted by Gasteiger charge is 2.15. The van der Waals surface area contributed by atoms with Crippen LogP contribution in [0.1, 0.15) is 21.7 Å². The molecule has 1 aromatic heterocycles. The Morgan fingerprint density at radius 2 is 2.00 bits per heavy atom. The standard InChI is InChI=1S/C14H12N2O2/c1-18-14(17)13-8-7-12(9-15)16(13)10-11-5-3-2-4-6-11/h2-8H,10H2,1H3. The molecular formula is C14H12N2O2. The summed E-state index contributed by atoms with van der Waals surface area (Å²) in [6.07, 6.45) is 0. The molecule has 0 bridgehead atoms. The molecule has 18 heavy (non-hydrogen) atoms. The maximum atomic E-state index is 11.6. The Labute approximate surface area is 105 Å². The van der Waals surface area contributed by atoms with Gasteiger partial charge in [0.05, 0.1) is 7.11 Å². The molecule has 2 aromatic rings. The van der Waals surface area contributed by atoms with Crippen molar-refractivity contribution in [3.8, 4) is 6.07 Å². The zero-order valence-corrected chi connectivity index (χ0v) is 9.96. The van der Waals surface area contributed by atoms with E-state index >= 15 is 0 Å². The second kappa shape index (κ2) is 5.19. The first-order valence-corrected chi connectivity index (χ1v) is 5.48. The van der Waals surface area contributed by atoms with E-state index < -0.39 is 5.97 Å². The molecule has 2 rings (SSSR count). The second-order valence-corrected chi connectivity index (χ2v) is 3.78. The number of esters is 1. The van der Waals surface area contributed by atoms with Crippen LogP contribution in [0.15, 0.2) is 42.5 Å². The number of methoxy groups -OCH3 is 1. The summed E-state index contributed by atoms with van der Waals surface area (Å²) < 4.78 is 6.36. The Kier molecular flexibility index (Phi) is 3.44. The molecule has 4 nitrogen and oxygen atoms in total. The minimum atomic E-state index is -0.438. The quantitative estimate of drug-likeness (QED) is 0.773. The average Bonchev–Trinajstić information content (AvgIpc) is 2.82. The second-order valence-electron chi connectivity index (χ2n) is 3.78. The Morgan fingerprint density at radius 1 is 1.28 bits per heavy atom. The van der Waals surface area contributed by atoms with Crippen LogP contribution >= 0.6 is 0 Å². The van der Waals surface area contributed by atoms with E-state index in [0.717, 1.165) is 5.56 Å². The maximum absolute atomic E-state index is 11.6. The molecule has 0 aliphatic carbocycles. The van der Waals surface area contributed by atoms with E-state index in [1.807, 2.05) is 30.3 Å². The summed E-state index contributed by atoms with van der Waals surface area (Å²) >= 11 is 0. The van der Waals surface area contributed by atoms with Gasteiger partial charge >= 0.3 is 5.97 Å². The summed E-state index contributed by atoms with van der Waals surface area (Å²) in [4.78, 5) is 11.6. The van der Waals surface area contributed by atoms with Gasteiger partial charge in [0.25, 0.3) is 0 Å². The molecular weight excluding hydrogens is 228 g/mol. The molecule has 0 unspecified atom stereocenters. The van der Waals surface area contributed by atoms with E-state index in [9.17, 15) is 4.79 Å². The van der Waals surface area contributed by atoms with Crippen LogP contribution in [-0.4, -0.2) is 17.6 Å². The number of carbonyl (C=O) groups is 1. The summed E-state index contributed by atoms with van der Waals surface area (Å²) in [6, 6.07) is 14.9. The van der Waals surface area contributed by atoms with Crippen LogP contribution < -0.4 is 0 Å². The molecule has 1 heterocycles. The van der Waals surface area contributed by atoms with Gasteiger partial charge in [0, 0.05) is 6.54 Å². The maximum Gasteiger partial charge on any atom is 0.354 e. The minimum absolute atomic E-state index is 0.387. The lowest BCUT2D eigenvalue weighted by Gasteiger charge is -2.09. The van der Waals surface area contributed by atoms with Gasteiger partial charge in [-0.05, 0) is 17.7 Å². The molecule has 0 amide bonds. The van der Waals surface area contributed by atoms with Gasteiger partial charge < -0.3 is 9.30 Å². The third kappa shape index (κ3) is 2.25. The fourth-order valence-electron chi connectivity index (χ4n) is 1.78. The normalized spacial score (nSPS) is 9.78. The van der Waals surface area contributed by atoms with Crippen LogP contribution in [0.3, 0.4) is 0 Å². The van der Waals surface area contributed by atoms with Gasteiger partial charge in [0.2, 0.25) is 0 Å². The van der Waals surface area contributed by atoms with Crippen molar-refractivity contribution >= 4 is 5.97 Å². The number of aromatic nitrogens is 1.